The highest BCUT2D eigenvalue weighted by Crippen LogP contribution is 2.20. The number of hydrogen-bond donors (Lipinski definition) is 1. The summed E-state index contributed by atoms with van der Waals surface area (Å²) in [6, 6.07) is 2.28. The van der Waals surface area contributed by atoms with Crippen molar-refractivity contribution in [2.45, 2.75) is 6.92 Å². The quantitative estimate of drug-likeness (QED) is 0.655. The monoisotopic (exact) mass is 260 g/mol. The molecule has 0 bridgehead atoms. The molecule has 0 saturated heterocycles. The Hall–Kier alpha value is -1.23. The molecule has 0 spiro atoms. The van der Waals surface area contributed by atoms with Crippen molar-refractivity contribution >= 4 is 27.7 Å². The molecule has 0 heterocycles. The Morgan fingerprint density at radius 3 is 2.50 bits per heavy atom. The van der Waals surface area contributed by atoms with Gasteiger partial charge in [-0.15, -0.1) is 0 Å². The molecule has 0 aliphatic rings. The van der Waals surface area contributed by atoms with Gasteiger partial charge in [-0.05, 0) is 24.6 Å². The van der Waals surface area contributed by atoms with Gasteiger partial charge in [0.25, 0.3) is 5.78 Å². The molecule has 0 amide bonds. The molecule has 0 radical (unpaired) electrons. The van der Waals surface area contributed by atoms with Gasteiger partial charge in [-0.3, -0.25) is 4.79 Å². The number of carboxylic acid groups (broad SMARTS) is 1. The van der Waals surface area contributed by atoms with E-state index in [9.17, 15) is 14.0 Å². The highest BCUT2D eigenvalue weighted by atomic mass is 79.9. The van der Waals surface area contributed by atoms with Crippen molar-refractivity contribution in [3.05, 3.63) is 33.5 Å². The molecule has 1 aromatic carbocycles. The summed E-state index contributed by atoms with van der Waals surface area (Å²) in [4.78, 5) is 21.3. The number of halogens is 2. The normalized spacial score (nSPS) is 9.93. The zero-order valence-corrected chi connectivity index (χ0v) is 8.76. The summed E-state index contributed by atoms with van der Waals surface area (Å²) < 4.78 is 13.6. The first-order chi connectivity index (χ1) is 6.43. The van der Waals surface area contributed by atoms with Crippen LogP contribution in [0, 0.1) is 12.7 Å². The second-order valence-electron chi connectivity index (χ2n) is 2.72. The average Bonchev–Trinajstić information content (AvgIpc) is 2.10. The summed E-state index contributed by atoms with van der Waals surface area (Å²) in [5, 5.41) is 8.39. The Labute approximate surface area is 87.7 Å². The molecule has 1 aromatic rings. The Morgan fingerprint density at radius 1 is 1.43 bits per heavy atom. The van der Waals surface area contributed by atoms with E-state index in [0.29, 0.717) is 10.0 Å². The topological polar surface area (TPSA) is 54.4 Å². The number of carbonyl (C=O) groups is 2. The number of aliphatic carboxylic acids is 1. The molecule has 74 valence electrons. The largest absolute Gasteiger partial charge is 0.475 e. The second-order valence-corrected chi connectivity index (χ2v) is 3.57. The number of benzene rings is 1. The van der Waals surface area contributed by atoms with Gasteiger partial charge in [0.2, 0.25) is 0 Å². The van der Waals surface area contributed by atoms with Gasteiger partial charge in [-0.1, -0.05) is 15.9 Å². The van der Waals surface area contributed by atoms with Crippen LogP contribution in [0.5, 0.6) is 0 Å². The summed E-state index contributed by atoms with van der Waals surface area (Å²) in [6.07, 6.45) is 0. The predicted molar refractivity (Wildman–Crippen MR) is 50.8 cm³/mol. The fraction of sp³-hybridized carbons (Fsp3) is 0.111. The van der Waals surface area contributed by atoms with Gasteiger partial charge in [-0.25, -0.2) is 9.18 Å². The van der Waals surface area contributed by atoms with Crippen molar-refractivity contribution in [3.8, 4) is 0 Å². The fourth-order valence-electron chi connectivity index (χ4n) is 0.935. The van der Waals surface area contributed by atoms with Gasteiger partial charge in [0.05, 0.1) is 5.56 Å². The molecule has 14 heavy (non-hydrogen) atoms. The third-order valence-corrected chi connectivity index (χ3v) is 2.54. The molecule has 0 saturated carbocycles. The minimum atomic E-state index is -1.67. The standard InChI is InChI=1S/C9H6BrFO3/c1-4-2-7(11)5(3-6(4)10)8(12)9(13)14/h2-3H,1H3,(H,13,14). The predicted octanol–water partition coefficient (Wildman–Crippen LogP) is 2.16. The van der Waals surface area contributed by atoms with Crippen LogP contribution in [0.3, 0.4) is 0 Å². The van der Waals surface area contributed by atoms with Crippen LogP contribution in [0.15, 0.2) is 16.6 Å². The van der Waals surface area contributed by atoms with E-state index in [1.807, 2.05) is 0 Å². The number of ketones is 1. The van der Waals surface area contributed by atoms with Gasteiger partial charge < -0.3 is 5.11 Å². The van der Waals surface area contributed by atoms with Crippen LogP contribution in [0.1, 0.15) is 15.9 Å². The van der Waals surface area contributed by atoms with Crippen molar-refractivity contribution < 1.29 is 19.1 Å². The lowest BCUT2D eigenvalue weighted by Gasteiger charge is -2.02. The van der Waals surface area contributed by atoms with Crippen LogP contribution in [0.4, 0.5) is 4.39 Å². The van der Waals surface area contributed by atoms with Crippen LogP contribution in [-0.4, -0.2) is 16.9 Å². The molecule has 0 aromatic heterocycles. The van der Waals surface area contributed by atoms with Crippen LogP contribution < -0.4 is 0 Å². The van der Waals surface area contributed by atoms with Crippen molar-refractivity contribution in [2.75, 3.05) is 0 Å². The lowest BCUT2D eigenvalue weighted by molar-refractivity contribution is -0.131. The average molecular weight is 261 g/mol. The minimum Gasteiger partial charge on any atom is -0.475 e. The zero-order chi connectivity index (χ0) is 10.9. The summed E-state index contributed by atoms with van der Waals surface area (Å²) in [5.41, 5.74) is 0.166. The van der Waals surface area contributed by atoms with E-state index < -0.39 is 23.1 Å². The first-order valence-corrected chi connectivity index (χ1v) is 4.46. The summed E-state index contributed by atoms with van der Waals surface area (Å²) >= 11 is 3.09. The van der Waals surface area contributed by atoms with Gasteiger partial charge in [0.15, 0.2) is 0 Å². The summed E-state index contributed by atoms with van der Waals surface area (Å²) in [6.45, 7) is 1.64. The number of hydrogen-bond acceptors (Lipinski definition) is 2. The highest BCUT2D eigenvalue weighted by molar-refractivity contribution is 9.10. The van der Waals surface area contributed by atoms with Gasteiger partial charge >= 0.3 is 5.97 Å². The Bertz CT molecular complexity index is 415. The first-order valence-electron chi connectivity index (χ1n) is 3.66. The van der Waals surface area contributed by atoms with Gasteiger partial charge in [-0.2, -0.15) is 0 Å². The lowest BCUT2D eigenvalue weighted by Crippen LogP contribution is -2.14. The van der Waals surface area contributed by atoms with Crippen LogP contribution in [0.2, 0.25) is 0 Å². The van der Waals surface area contributed by atoms with Gasteiger partial charge in [0, 0.05) is 4.47 Å². The second kappa shape index (κ2) is 3.88. The van der Waals surface area contributed by atoms with E-state index in [4.69, 9.17) is 5.11 Å². The van der Waals surface area contributed by atoms with Crippen LogP contribution in [-0.2, 0) is 4.79 Å². The highest BCUT2D eigenvalue weighted by Gasteiger charge is 2.19. The number of Topliss-reactive ketones (excluding diaryl/α,β-unsaturated/α-hetero) is 1. The minimum absolute atomic E-state index is 0.435. The molecule has 0 unspecified atom stereocenters. The number of carbonyl (C=O) groups excluding carboxylic acids is 1. The molecule has 0 aliphatic carbocycles. The van der Waals surface area contributed by atoms with Crippen molar-refractivity contribution in [3.63, 3.8) is 0 Å². The van der Waals surface area contributed by atoms with Crippen molar-refractivity contribution in [1.29, 1.82) is 0 Å². The van der Waals surface area contributed by atoms with E-state index in [-0.39, 0.29) is 0 Å². The van der Waals surface area contributed by atoms with E-state index in [1.165, 1.54) is 6.07 Å². The molecule has 5 heteroatoms. The van der Waals surface area contributed by atoms with E-state index in [1.54, 1.807) is 6.92 Å². The number of aryl methyl sites for hydroxylation is 1. The van der Waals surface area contributed by atoms with Crippen molar-refractivity contribution in [1.82, 2.24) is 0 Å². The molecule has 0 fully saturated rings. The van der Waals surface area contributed by atoms with E-state index >= 15 is 0 Å². The number of rotatable bonds is 2. The summed E-state index contributed by atoms with van der Waals surface area (Å²) in [5.74, 6) is -3.74. The molecule has 0 aliphatic heterocycles. The molecule has 1 N–H and O–H groups in total. The summed E-state index contributed by atoms with van der Waals surface area (Å²) in [7, 11) is 0. The maximum Gasteiger partial charge on any atom is 0.377 e. The Balaban J connectivity index is 3.29. The first kappa shape index (κ1) is 10.8. The number of carboxylic acids is 1. The van der Waals surface area contributed by atoms with E-state index in [2.05, 4.69) is 15.9 Å². The zero-order valence-electron chi connectivity index (χ0n) is 7.17. The molecular formula is C9H6BrFO3. The Morgan fingerprint density at radius 2 is 2.00 bits per heavy atom. The third kappa shape index (κ3) is 1.98. The Kier molecular flexibility index (Phi) is 3.00. The van der Waals surface area contributed by atoms with Gasteiger partial charge in [0.1, 0.15) is 5.82 Å². The third-order valence-electron chi connectivity index (χ3n) is 1.69. The fourth-order valence-corrected chi connectivity index (χ4v) is 1.28. The van der Waals surface area contributed by atoms with Crippen molar-refractivity contribution in [2.24, 2.45) is 0 Å². The SMILES string of the molecule is Cc1cc(F)c(C(=O)C(=O)O)cc1Br. The maximum atomic E-state index is 13.1. The molecule has 3 nitrogen and oxygen atoms in total. The molecule has 1 rings (SSSR count). The maximum absolute atomic E-state index is 13.1. The van der Waals surface area contributed by atoms with Crippen LogP contribution >= 0.6 is 15.9 Å². The van der Waals surface area contributed by atoms with E-state index in [0.717, 1.165) is 6.07 Å². The smallest absolute Gasteiger partial charge is 0.377 e. The molecular weight excluding hydrogens is 255 g/mol. The van der Waals surface area contributed by atoms with Crippen LogP contribution in [0.25, 0.3) is 0 Å². The molecule has 0 atom stereocenters. The lowest BCUT2D eigenvalue weighted by atomic mass is 10.1.